The zero-order chi connectivity index (χ0) is 37.8. The van der Waals surface area contributed by atoms with Crippen LogP contribution in [0, 0.1) is 0 Å². The second kappa shape index (κ2) is 13.4. The van der Waals surface area contributed by atoms with Gasteiger partial charge in [-0.25, -0.2) is 0 Å². The quantitative estimate of drug-likeness (QED) is 0.163. The number of fused-ring (bicyclic) bond motifs is 6. The van der Waals surface area contributed by atoms with E-state index in [4.69, 9.17) is 4.42 Å². The van der Waals surface area contributed by atoms with Gasteiger partial charge in [-0.1, -0.05) is 188 Å². The number of para-hydroxylation sites is 3. The molecule has 9 aromatic carbocycles. The molecular formula is C55H37NO. The molecule has 11 rings (SSSR count). The maximum absolute atomic E-state index is 6.45. The molecule has 1 aromatic heterocycles. The first-order valence-electron chi connectivity index (χ1n) is 19.6. The Labute approximate surface area is 332 Å². The van der Waals surface area contributed by atoms with Crippen molar-refractivity contribution in [1.29, 1.82) is 0 Å². The van der Waals surface area contributed by atoms with E-state index >= 15 is 0 Å². The molecule has 268 valence electrons. The Morgan fingerprint density at radius 3 is 1.53 bits per heavy atom. The lowest BCUT2D eigenvalue weighted by atomic mass is 9.68. The largest absolute Gasteiger partial charge is 0.455 e. The second-order valence-electron chi connectivity index (χ2n) is 14.8. The minimum atomic E-state index is -0.459. The summed E-state index contributed by atoms with van der Waals surface area (Å²) < 4.78 is 6.45. The molecule has 1 heterocycles. The van der Waals surface area contributed by atoms with Gasteiger partial charge >= 0.3 is 0 Å². The zero-order valence-corrected chi connectivity index (χ0v) is 31.2. The summed E-state index contributed by atoms with van der Waals surface area (Å²) in [6.45, 7) is 0. The van der Waals surface area contributed by atoms with Gasteiger partial charge in [-0.2, -0.15) is 0 Å². The minimum Gasteiger partial charge on any atom is -0.455 e. The Balaban J connectivity index is 1.08. The minimum absolute atomic E-state index is 0.459. The summed E-state index contributed by atoms with van der Waals surface area (Å²) in [5.74, 6) is 0. The lowest BCUT2D eigenvalue weighted by Crippen LogP contribution is -2.28. The zero-order valence-electron chi connectivity index (χ0n) is 31.2. The molecule has 0 saturated carbocycles. The van der Waals surface area contributed by atoms with Crippen LogP contribution in [0.15, 0.2) is 229 Å². The van der Waals surface area contributed by atoms with Crippen molar-refractivity contribution in [3.8, 4) is 33.4 Å². The number of hydrogen-bond acceptors (Lipinski definition) is 2. The number of rotatable bonds is 7. The smallest absolute Gasteiger partial charge is 0.143 e. The Hall–Kier alpha value is -7.42. The molecule has 0 N–H and O–H groups in total. The van der Waals surface area contributed by atoms with Gasteiger partial charge in [-0.15, -0.1) is 0 Å². The average Bonchev–Trinajstić information content (AvgIpc) is 3.82. The number of benzene rings is 9. The van der Waals surface area contributed by atoms with Crippen LogP contribution >= 0.6 is 0 Å². The molecule has 2 heteroatoms. The van der Waals surface area contributed by atoms with Crippen molar-refractivity contribution >= 4 is 39.0 Å². The molecule has 0 unspecified atom stereocenters. The summed E-state index contributed by atoms with van der Waals surface area (Å²) in [5, 5.41) is 2.27. The third-order valence-electron chi connectivity index (χ3n) is 11.8. The Morgan fingerprint density at radius 1 is 0.333 bits per heavy atom. The number of hydrogen-bond donors (Lipinski definition) is 0. The van der Waals surface area contributed by atoms with Gasteiger partial charge in [0.1, 0.15) is 11.2 Å². The van der Waals surface area contributed by atoms with Gasteiger partial charge in [0.15, 0.2) is 0 Å². The van der Waals surface area contributed by atoms with E-state index in [9.17, 15) is 0 Å². The summed E-state index contributed by atoms with van der Waals surface area (Å²) >= 11 is 0. The number of anilines is 3. The van der Waals surface area contributed by atoms with Crippen LogP contribution in [0.1, 0.15) is 22.3 Å². The highest BCUT2D eigenvalue weighted by atomic mass is 16.3. The van der Waals surface area contributed by atoms with Crippen LogP contribution < -0.4 is 4.90 Å². The van der Waals surface area contributed by atoms with E-state index < -0.39 is 5.41 Å². The Bertz CT molecular complexity index is 3010. The Kier molecular flexibility index (Phi) is 7.75. The molecular weight excluding hydrogens is 691 g/mol. The lowest BCUT2D eigenvalue weighted by Gasteiger charge is -2.34. The maximum Gasteiger partial charge on any atom is 0.143 e. The fourth-order valence-corrected chi connectivity index (χ4v) is 9.29. The van der Waals surface area contributed by atoms with Crippen molar-refractivity contribution in [2.75, 3.05) is 4.90 Å². The van der Waals surface area contributed by atoms with Gasteiger partial charge in [-0.05, 0) is 80.9 Å². The topological polar surface area (TPSA) is 16.4 Å². The molecule has 1 aliphatic carbocycles. The summed E-state index contributed by atoms with van der Waals surface area (Å²) in [7, 11) is 0. The molecule has 0 spiro atoms. The molecule has 2 nitrogen and oxygen atoms in total. The van der Waals surface area contributed by atoms with E-state index in [1.165, 1.54) is 38.9 Å². The van der Waals surface area contributed by atoms with Crippen molar-refractivity contribution in [2.24, 2.45) is 0 Å². The standard InChI is InChI=1S/C55H37NO/c1-3-16-38(17-4-1)44-20-9-13-28-52(44)56(42-34-30-39(31-35-42)45-24-15-25-49-48-23-10-14-29-53(48)57-54(45)49)43-36-32-41(33-37-43)55(40-18-5-2-6-19-40)50-26-11-7-21-46(50)47-22-8-12-27-51(47)55/h1-37H. The van der Waals surface area contributed by atoms with E-state index in [0.717, 1.165) is 55.7 Å². The number of nitrogens with zero attached hydrogens (tertiary/aromatic N) is 1. The van der Waals surface area contributed by atoms with Crippen molar-refractivity contribution in [3.63, 3.8) is 0 Å². The third-order valence-corrected chi connectivity index (χ3v) is 11.8. The lowest BCUT2D eigenvalue weighted by molar-refractivity contribution is 0.670. The van der Waals surface area contributed by atoms with Crippen LogP contribution in [0.5, 0.6) is 0 Å². The van der Waals surface area contributed by atoms with E-state index in [1.807, 2.05) is 12.1 Å². The molecule has 1 aliphatic rings. The normalized spacial score (nSPS) is 12.7. The molecule has 0 aliphatic heterocycles. The highest BCUT2D eigenvalue weighted by Gasteiger charge is 2.45. The van der Waals surface area contributed by atoms with Gasteiger partial charge in [0.25, 0.3) is 0 Å². The monoisotopic (exact) mass is 727 g/mol. The van der Waals surface area contributed by atoms with Gasteiger partial charge in [0.2, 0.25) is 0 Å². The van der Waals surface area contributed by atoms with Crippen molar-refractivity contribution in [3.05, 3.63) is 247 Å². The van der Waals surface area contributed by atoms with E-state index in [-0.39, 0.29) is 0 Å². The fourth-order valence-electron chi connectivity index (χ4n) is 9.29. The van der Waals surface area contributed by atoms with Gasteiger partial charge < -0.3 is 9.32 Å². The van der Waals surface area contributed by atoms with Crippen LogP contribution in [0.25, 0.3) is 55.3 Å². The summed E-state index contributed by atoms with van der Waals surface area (Å²) in [6, 6.07) is 81.1. The molecule has 0 radical (unpaired) electrons. The molecule has 10 aromatic rings. The first-order valence-corrected chi connectivity index (χ1v) is 19.6. The molecule has 0 atom stereocenters. The fraction of sp³-hybridized carbons (Fsp3) is 0.0182. The van der Waals surface area contributed by atoms with Crippen molar-refractivity contribution in [2.45, 2.75) is 5.41 Å². The first kappa shape index (κ1) is 33.0. The molecule has 0 bridgehead atoms. The van der Waals surface area contributed by atoms with Crippen LogP contribution in [-0.2, 0) is 5.41 Å². The van der Waals surface area contributed by atoms with Crippen LogP contribution in [0.4, 0.5) is 17.1 Å². The van der Waals surface area contributed by atoms with E-state index in [1.54, 1.807) is 0 Å². The average molecular weight is 728 g/mol. The number of furan rings is 1. The SMILES string of the molecule is c1ccc(-c2ccccc2N(c2ccc(-c3cccc4c3oc3ccccc34)cc2)c2ccc(C3(c4ccccc4)c4ccccc4-c4ccccc43)cc2)cc1. The summed E-state index contributed by atoms with van der Waals surface area (Å²) in [6.07, 6.45) is 0. The highest BCUT2D eigenvalue weighted by Crippen LogP contribution is 2.56. The van der Waals surface area contributed by atoms with E-state index in [0.29, 0.717) is 0 Å². The van der Waals surface area contributed by atoms with Gasteiger partial charge in [0.05, 0.1) is 11.1 Å². The second-order valence-corrected chi connectivity index (χ2v) is 14.8. The molecule has 0 saturated heterocycles. The predicted molar refractivity (Wildman–Crippen MR) is 237 cm³/mol. The Morgan fingerprint density at radius 2 is 0.825 bits per heavy atom. The van der Waals surface area contributed by atoms with Gasteiger partial charge in [0, 0.05) is 33.3 Å². The van der Waals surface area contributed by atoms with Crippen LogP contribution in [0.3, 0.4) is 0 Å². The molecule has 57 heavy (non-hydrogen) atoms. The van der Waals surface area contributed by atoms with Crippen molar-refractivity contribution < 1.29 is 4.42 Å². The third kappa shape index (κ3) is 5.18. The maximum atomic E-state index is 6.45. The first-order chi connectivity index (χ1) is 28.3. The summed E-state index contributed by atoms with van der Waals surface area (Å²) in [5.41, 5.74) is 16.8. The molecule has 0 fully saturated rings. The van der Waals surface area contributed by atoms with Crippen molar-refractivity contribution in [1.82, 2.24) is 0 Å². The van der Waals surface area contributed by atoms with E-state index in [2.05, 4.69) is 217 Å². The molecule has 0 amide bonds. The highest BCUT2D eigenvalue weighted by molar-refractivity contribution is 6.09. The summed E-state index contributed by atoms with van der Waals surface area (Å²) in [4.78, 5) is 2.39. The predicted octanol–water partition coefficient (Wildman–Crippen LogP) is 14.8. The van der Waals surface area contributed by atoms with Crippen LogP contribution in [0.2, 0.25) is 0 Å². The van der Waals surface area contributed by atoms with Crippen LogP contribution in [-0.4, -0.2) is 0 Å². The van der Waals surface area contributed by atoms with Gasteiger partial charge in [-0.3, -0.25) is 0 Å².